The Balaban J connectivity index is 2.08. The molecular formula is C9H12BNO. The van der Waals surface area contributed by atoms with Crippen molar-refractivity contribution in [2.45, 2.75) is 0 Å². The molecule has 12 heavy (non-hydrogen) atoms. The molecule has 1 saturated heterocycles. The van der Waals surface area contributed by atoms with Crippen molar-refractivity contribution in [1.29, 1.82) is 0 Å². The fourth-order valence-electron chi connectivity index (χ4n) is 1.46. The number of anilines is 1. The van der Waals surface area contributed by atoms with Gasteiger partial charge in [-0.2, -0.15) is 0 Å². The number of rotatable bonds is 1. The van der Waals surface area contributed by atoms with Crippen molar-refractivity contribution in [3.05, 3.63) is 24.2 Å². The summed E-state index contributed by atoms with van der Waals surface area (Å²) in [6, 6.07) is 6.26. The Bertz CT molecular complexity index is 234. The summed E-state index contributed by atoms with van der Waals surface area (Å²) in [4.78, 5) is 2.35. The minimum atomic E-state index is 0.856. The zero-order valence-corrected chi connectivity index (χ0v) is 7.07. The van der Waals surface area contributed by atoms with Gasteiger partial charge in [-0.3, -0.25) is 0 Å². The van der Waals surface area contributed by atoms with E-state index in [1.807, 2.05) is 6.07 Å². The predicted octanol–water partition coefficient (Wildman–Crippen LogP) is 0.861. The van der Waals surface area contributed by atoms with Crippen LogP contribution < -0.4 is 4.90 Å². The van der Waals surface area contributed by atoms with Crippen molar-refractivity contribution in [3.8, 4) is 0 Å². The Kier molecular flexibility index (Phi) is 2.42. The molecule has 0 radical (unpaired) electrons. The van der Waals surface area contributed by atoms with Gasteiger partial charge < -0.3 is 0 Å². The normalized spacial score (nSPS) is 17.5. The second kappa shape index (κ2) is 3.72. The number of hydrogen-bond acceptors (Lipinski definition) is 2. The van der Waals surface area contributed by atoms with E-state index >= 15 is 0 Å². The number of hydrogen-bond donors (Lipinski definition) is 0. The molecule has 0 aromatic carbocycles. The van der Waals surface area contributed by atoms with Crippen LogP contribution in [0.15, 0.2) is 24.2 Å². The molecule has 0 spiro atoms. The van der Waals surface area contributed by atoms with E-state index in [0.29, 0.717) is 0 Å². The zero-order chi connectivity index (χ0) is 8.23. The van der Waals surface area contributed by atoms with Gasteiger partial charge in [0.15, 0.2) is 0 Å². The van der Waals surface area contributed by atoms with E-state index in [1.54, 1.807) is 0 Å². The van der Waals surface area contributed by atoms with Crippen LogP contribution in [-0.4, -0.2) is 33.2 Å². The Morgan fingerprint density at radius 3 is 2.75 bits per heavy atom. The third-order valence-corrected chi connectivity index (χ3v) is 2.13. The van der Waals surface area contributed by atoms with E-state index in [-0.39, 0.29) is 0 Å². The number of ether oxygens (including phenoxy) is 1. The van der Waals surface area contributed by atoms with Gasteiger partial charge in [0.1, 0.15) is 0 Å². The molecule has 2 rings (SSSR count). The molecule has 0 aliphatic carbocycles. The van der Waals surface area contributed by atoms with Crippen LogP contribution >= 0.6 is 0 Å². The third-order valence-electron chi connectivity index (χ3n) is 2.13. The average molecular weight is 161 g/mol. The molecule has 0 bridgehead atoms. The predicted molar refractivity (Wildman–Crippen MR) is 50.8 cm³/mol. The first-order valence-electron chi connectivity index (χ1n) is 4.34. The van der Waals surface area contributed by atoms with Crippen molar-refractivity contribution in [3.63, 3.8) is 0 Å². The summed E-state index contributed by atoms with van der Waals surface area (Å²) in [6.07, 6.45) is 0. The maximum atomic E-state index is 5.28. The topological polar surface area (TPSA) is 12.5 Å². The molecule has 0 unspecified atom stereocenters. The van der Waals surface area contributed by atoms with Gasteiger partial charge in [-0.15, -0.1) is 0 Å². The van der Waals surface area contributed by atoms with Crippen molar-refractivity contribution >= 4 is 12.5 Å². The molecule has 62 valence electrons. The molecule has 2 nitrogen and oxygen atoms in total. The first kappa shape index (κ1) is 7.81. The van der Waals surface area contributed by atoms with Crippen molar-refractivity contribution in [1.82, 2.24) is 0 Å². The van der Waals surface area contributed by atoms with Gasteiger partial charge in [-0.1, -0.05) is 0 Å². The molecule has 1 aliphatic rings. The molecular weight excluding hydrogens is 149 g/mol. The Hall–Kier alpha value is -0.825. The fraction of sp³-hybridized carbons (Fsp3) is 0.444. The van der Waals surface area contributed by atoms with Gasteiger partial charge in [0, 0.05) is 0 Å². The van der Waals surface area contributed by atoms with E-state index in [1.165, 1.54) is 5.58 Å². The van der Waals surface area contributed by atoms with Gasteiger partial charge in [0.25, 0.3) is 0 Å². The molecule has 1 aromatic rings. The minimum absolute atomic E-state index is 0.856. The standard InChI is InChI=1S/C9H12BNO/c1-2-4-10-9(3-1)11-5-7-12-8-6-11/h1-4H,5-8H2. The van der Waals surface area contributed by atoms with E-state index in [0.717, 1.165) is 26.3 Å². The Morgan fingerprint density at radius 2 is 2.08 bits per heavy atom. The Morgan fingerprint density at radius 1 is 1.25 bits per heavy atom. The van der Waals surface area contributed by atoms with Crippen molar-refractivity contribution in [2.75, 3.05) is 31.2 Å². The van der Waals surface area contributed by atoms with Crippen LogP contribution in [0.1, 0.15) is 0 Å². The first-order valence-corrected chi connectivity index (χ1v) is 4.34. The first-order chi connectivity index (χ1) is 5.97. The van der Waals surface area contributed by atoms with Crippen LogP contribution in [0.25, 0.3) is 0 Å². The van der Waals surface area contributed by atoms with Gasteiger partial charge in [0.2, 0.25) is 0 Å². The molecule has 1 aromatic heterocycles. The van der Waals surface area contributed by atoms with Crippen LogP contribution in [0.3, 0.4) is 0 Å². The van der Waals surface area contributed by atoms with Crippen LogP contribution in [0.2, 0.25) is 0 Å². The van der Waals surface area contributed by atoms with Gasteiger partial charge in [-0.05, 0) is 0 Å². The van der Waals surface area contributed by atoms with Crippen LogP contribution in [-0.2, 0) is 4.74 Å². The maximum absolute atomic E-state index is 5.28. The molecule has 0 atom stereocenters. The molecule has 3 heteroatoms. The van der Waals surface area contributed by atoms with Gasteiger partial charge in [-0.25, -0.2) is 0 Å². The van der Waals surface area contributed by atoms with Crippen molar-refractivity contribution in [2.24, 2.45) is 0 Å². The quantitative estimate of drug-likeness (QED) is 0.605. The second-order valence-electron chi connectivity index (χ2n) is 2.93. The molecule has 1 fully saturated rings. The van der Waals surface area contributed by atoms with Gasteiger partial charge >= 0.3 is 72.6 Å². The molecule has 0 amide bonds. The summed E-state index contributed by atoms with van der Waals surface area (Å²) < 4.78 is 5.28. The van der Waals surface area contributed by atoms with E-state index in [2.05, 4.69) is 29.9 Å². The fourth-order valence-corrected chi connectivity index (χ4v) is 1.46. The molecule has 0 saturated carbocycles. The van der Waals surface area contributed by atoms with Gasteiger partial charge in [0.05, 0.1) is 0 Å². The second-order valence-corrected chi connectivity index (χ2v) is 2.93. The molecule has 2 heterocycles. The monoisotopic (exact) mass is 161 g/mol. The number of nitrogens with zero attached hydrogens (tertiary/aromatic N) is 1. The van der Waals surface area contributed by atoms with Crippen LogP contribution in [0, 0.1) is 0 Å². The van der Waals surface area contributed by atoms with E-state index < -0.39 is 0 Å². The van der Waals surface area contributed by atoms with E-state index in [4.69, 9.17) is 4.74 Å². The third kappa shape index (κ3) is 1.67. The summed E-state index contributed by atoms with van der Waals surface area (Å²) in [5.41, 5.74) is 1.31. The van der Waals surface area contributed by atoms with Crippen LogP contribution in [0.4, 0.5) is 5.58 Å². The summed E-state index contributed by atoms with van der Waals surface area (Å²) >= 11 is 0. The summed E-state index contributed by atoms with van der Waals surface area (Å²) in [5, 5.41) is 0. The summed E-state index contributed by atoms with van der Waals surface area (Å²) in [6.45, 7) is 5.89. The Labute approximate surface area is 73.4 Å². The molecule has 0 N–H and O–H groups in total. The summed E-state index contributed by atoms with van der Waals surface area (Å²) in [7, 11) is 0. The summed E-state index contributed by atoms with van der Waals surface area (Å²) in [5.74, 6) is 2.07. The average Bonchev–Trinajstić information content (AvgIpc) is 2.21. The zero-order valence-electron chi connectivity index (χ0n) is 7.07. The van der Waals surface area contributed by atoms with Crippen molar-refractivity contribution < 1.29 is 4.74 Å². The number of morpholine rings is 1. The van der Waals surface area contributed by atoms with Crippen LogP contribution in [0.5, 0.6) is 0 Å². The SMILES string of the molecule is b1ccccc1N1CCOCC1. The van der Waals surface area contributed by atoms with E-state index in [9.17, 15) is 0 Å². The molecule has 1 aliphatic heterocycles.